The van der Waals surface area contributed by atoms with Gasteiger partial charge in [-0.2, -0.15) is 0 Å². The largest absolute Gasteiger partial charge is 0.334 e. The van der Waals surface area contributed by atoms with Gasteiger partial charge in [-0.15, -0.1) is 0 Å². The zero-order valence-corrected chi connectivity index (χ0v) is 12.1. The van der Waals surface area contributed by atoms with Crippen LogP contribution in [0.25, 0.3) is 0 Å². The summed E-state index contributed by atoms with van der Waals surface area (Å²) in [6.07, 6.45) is 5.13. The zero-order valence-electron chi connectivity index (χ0n) is 10.5. The molecule has 0 N–H and O–H groups in total. The molecule has 3 nitrogen and oxygen atoms in total. The molecule has 0 radical (unpaired) electrons. The van der Waals surface area contributed by atoms with Gasteiger partial charge in [0.2, 0.25) is 0 Å². The maximum Gasteiger partial charge on any atom is 0.105 e. The first kappa shape index (κ1) is 13.7. The molecule has 4 heteroatoms. The summed E-state index contributed by atoms with van der Waals surface area (Å²) < 4.78 is 2.21. The fraction of sp³-hybridized carbons (Fsp3) is 0.750. The highest BCUT2D eigenvalue weighted by atomic mass is 79.9. The Morgan fingerprint density at radius 2 is 2.19 bits per heavy atom. The van der Waals surface area contributed by atoms with Crippen LogP contribution in [0, 0.1) is 6.92 Å². The molecule has 0 saturated heterocycles. The van der Waals surface area contributed by atoms with E-state index >= 15 is 0 Å². The molecule has 0 bridgehead atoms. The summed E-state index contributed by atoms with van der Waals surface area (Å²) in [6, 6.07) is 0.614. The fourth-order valence-electron chi connectivity index (χ4n) is 1.77. The number of halogens is 1. The van der Waals surface area contributed by atoms with Crippen molar-refractivity contribution in [2.45, 2.75) is 39.8 Å². The molecule has 0 saturated carbocycles. The molecule has 1 heterocycles. The van der Waals surface area contributed by atoms with E-state index in [0.29, 0.717) is 6.04 Å². The van der Waals surface area contributed by atoms with Crippen molar-refractivity contribution in [3.63, 3.8) is 0 Å². The second kappa shape index (κ2) is 7.07. The standard InChI is InChI=1S/C12H22BrN3/c1-11(2)15(7-4-5-13)9-10-16-8-6-14-12(16)3/h6,8,11H,4-5,7,9-10H2,1-3H3. The normalized spacial score (nSPS) is 11.6. The van der Waals surface area contributed by atoms with E-state index in [0.717, 1.165) is 30.8 Å². The van der Waals surface area contributed by atoms with Gasteiger partial charge in [0.15, 0.2) is 0 Å². The Hall–Kier alpha value is -0.350. The molecular formula is C12H22BrN3. The smallest absolute Gasteiger partial charge is 0.105 e. The predicted octanol–water partition coefficient (Wildman–Crippen LogP) is 2.69. The number of hydrogen-bond donors (Lipinski definition) is 0. The molecule has 1 rings (SSSR count). The minimum atomic E-state index is 0.614. The van der Waals surface area contributed by atoms with Gasteiger partial charge in [-0.05, 0) is 33.7 Å². The van der Waals surface area contributed by atoms with Crippen LogP contribution in [0.4, 0.5) is 0 Å². The Balaban J connectivity index is 2.40. The van der Waals surface area contributed by atoms with Gasteiger partial charge < -0.3 is 4.57 Å². The van der Waals surface area contributed by atoms with Crippen LogP contribution in [0.3, 0.4) is 0 Å². The molecule has 0 amide bonds. The SMILES string of the molecule is Cc1nccn1CCN(CCCBr)C(C)C. The lowest BCUT2D eigenvalue weighted by atomic mass is 10.3. The van der Waals surface area contributed by atoms with Crippen molar-refractivity contribution in [1.29, 1.82) is 0 Å². The molecule has 1 aromatic rings. The van der Waals surface area contributed by atoms with E-state index in [4.69, 9.17) is 0 Å². The number of alkyl halides is 1. The summed E-state index contributed by atoms with van der Waals surface area (Å²) in [5.74, 6) is 1.10. The van der Waals surface area contributed by atoms with Crippen LogP contribution in [0.15, 0.2) is 12.4 Å². The Morgan fingerprint density at radius 1 is 1.44 bits per heavy atom. The van der Waals surface area contributed by atoms with Gasteiger partial charge >= 0.3 is 0 Å². The van der Waals surface area contributed by atoms with E-state index in [1.165, 1.54) is 6.42 Å². The molecule has 0 aliphatic rings. The maximum atomic E-state index is 4.24. The van der Waals surface area contributed by atoms with Gasteiger partial charge in [-0.1, -0.05) is 15.9 Å². The quantitative estimate of drug-likeness (QED) is 0.719. The number of rotatable bonds is 7. The minimum Gasteiger partial charge on any atom is -0.334 e. The average molecular weight is 288 g/mol. The third-order valence-corrected chi connectivity index (χ3v) is 3.42. The predicted molar refractivity (Wildman–Crippen MR) is 72.1 cm³/mol. The van der Waals surface area contributed by atoms with Crippen molar-refractivity contribution in [2.24, 2.45) is 0 Å². The van der Waals surface area contributed by atoms with Gasteiger partial charge in [0, 0.05) is 36.9 Å². The van der Waals surface area contributed by atoms with Crippen molar-refractivity contribution in [1.82, 2.24) is 14.5 Å². The van der Waals surface area contributed by atoms with Crippen molar-refractivity contribution < 1.29 is 0 Å². The Morgan fingerprint density at radius 3 is 2.69 bits per heavy atom. The molecule has 1 aromatic heterocycles. The second-order valence-corrected chi connectivity index (χ2v) is 5.13. The Labute approximate surface area is 107 Å². The third-order valence-electron chi connectivity index (χ3n) is 2.86. The minimum absolute atomic E-state index is 0.614. The van der Waals surface area contributed by atoms with Crippen LogP contribution in [-0.4, -0.2) is 38.9 Å². The number of hydrogen-bond acceptors (Lipinski definition) is 2. The molecule has 0 unspecified atom stereocenters. The van der Waals surface area contributed by atoms with E-state index in [1.54, 1.807) is 0 Å². The van der Waals surface area contributed by atoms with E-state index in [1.807, 2.05) is 6.20 Å². The summed E-state index contributed by atoms with van der Waals surface area (Å²) in [5, 5.41) is 1.08. The highest BCUT2D eigenvalue weighted by molar-refractivity contribution is 9.09. The van der Waals surface area contributed by atoms with Crippen molar-refractivity contribution in [2.75, 3.05) is 18.4 Å². The first-order chi connectivity index (χ1) is 7.65. The lowest BCUT2D eigenvalue weighted by Crippen LogP contribution is -2.34. The van der Waals surface area contributed by atoms with Crippen molar-refractivity contribution in [3.05, 3.63) is 18.2 Å². The molecule has 0 aromatic carbocycles. The molecule has 0 spiro atoms. The summed E-state index contributed by atoms with van der Waals surface area (Å²) in [5.41, 5.74) is 0. The van der Waals surface area contributed by atoms with E-state index in [9.17, 15) is 0 Å². The average Bonchev–Trinajstić information content (AvgIpc) is 2.64. The van der Waals surface area contributed by atoms with Crippen molar-refractivity contribution in [3.8, 4) is 0 Å². The maximum absolute atomic E-state index is 4.24. The highest BCUT2D eigenvalue weighted by Gasteiger charge is 2.09. The van der Waals surface area contributed by atoms with Gasteiger partial charge in [-0.3, -0.25) is 4.90 Å². The molecule has 0 aliphatic heterocycles. The van der Waals surface area contributed by atoms with Crippen LogP contribution in [0.2, 0.25) is 0 Å². The highest BCUT2D eigenvalue weighted by Crippen LogP contribution is 2.03. The summed E-state index contributed by atoms with van der Waals surface area (Å²) in [7, 11) is 0. The molecule has 0 aliphatic carbocycles. The topological polar surface area (TPSA) is 21.1 Å². The molecular weight excluding hydrogens is 266 g/mol. The summed E-state index contributed by atoms with van der Waals surface area (Å²) in [4.78, 5) is 6.75. The van der Waals surface area contributed by atoms with Gasteiger partial charge in [0.05, 0.1) is 0 Å². The van der Waals surface area contributed by atoms with Gasteiger partial charge in [0.25, 0.3) is 0 Å². The fourth-order valence-corrected chi connectivity index (χ4v) is 2.02. The summed E-state index contributed by atoms with van der Waals surface area (Å²) in [6.45, 7) is 9.87. The summed E-state index contributed by atoms with van der Waals surface area (Å²) >= 11 is 3.49. The number of imidazole rings is 1. The first-order valence-electron chi connectivity index (χ1n) is 5.93. The number of nitrogens with zero attached hydrogens (tertiary/aromatic N) is 3. The molecule has 0 fully saturated rings. The lowest BCUT2D eigenvalue weighted by Gasteiger charge is -2.26. The molecule has 0 atom stereocenters. The number of aromatic nitrogens is 2. The molecule has 92 valence electrons. The van der Waals surface area contributed by atoms with Gasteiger partial charge in [0.1, 0.15) is 5.82 Å². The van der Waals surface area contributed by atoms with E-state index in [-0.39, 0.29) is 0 Å². The van der Waals surface area contributed by atoms with Crippen molar-refractivity contribution >= 4 is 15.9 Å². The number of aryl methyl sites for hydroxylation is 1. The third kappa shape index (κ3) is 4.26. The zero-order chi connectivity index (χ0) is 12.0. The van der Waals surface area contributed by atoms with Crippen LogP contribution >= 0.6 is 15.9 Å². The van der Waals surface area contributed by atoms with E-state index in [2.05, 4.69) is 57.3 Å². The van der Waals surface area contributed by atoms with E-state index < -0.39 is 0 Å². The molecule has 16 heavy (non-hydrogen) atoms. The van der Waals surface area contributed by atoms with Crippen LogP contribution in [-0.2, 0) is 6.54 Å². The van der Waals surface area contributed by atoms with Crippen LogP contribution in [0.5, 0.6) is 0 Å². The lowest BCUT2D eigenvalue weighted by molar-refractivity contribution is 0.214. The Kier molecular flexibility index (Phi) is 6.06. The van der Waals surface area contributed by atoms with Gasteiger partial charge in [-0.25, -0.2) is 4.98 Å². The van der Waals surface area contributed by atoms with Crippen LogP contribution in [0.1, 0.15) is 26.1 Å². The Bertz CT molecular complexity index is 296. The monoisotopic (exact) mass is 287 g/mol. The first-order valence-corrected chi connectivity index (χ1v) is 7.05. The van der Waals surface area contributed by atoms with Crippen LogP contribution < -0.4 is 0 Å². The second-order valence-electron chi connectivity index (χ2n) is 4.34.